The van der Waals surface area contributed by atoms with Crippen molar-refractivity contribution < 1.29 is 4.74 Å². The number of ether oxygens (including phenoxy) is 1. The van der Waals surface area contributed by atoms with Crippen molar-refractivity contribution >= 4 is 0 Å². The summed E-state index contributed by atoms with van der Waals surface area (Å²) in [4.78, 5) is 4.22. The highest BCUT2D eigenvalue weighted by Gasteiger charge is 2.06. The lowest BCUT2D eigenvalue weighted by Gasteiger charge is -2.12. The highest BCUT2D eigenvalue weighted by Crippen LogP contribution is 2.22. The van der Waals surface area contributed by atoms with E-state index in [-0.39, 0.29) is 6.04 Å². The molecule has 0 amide bonds. The molecule has 0 spiro atoms. The minimum Gasteiger partial charge on any atom is -0.485 e. The number of hydrogen-bond acceptors (Lipinski definition) is 3. The molecule has 4 heteroatoms. The van der Waals surface area contributed by atoms with Gasteiger partial charge in [-0.3, -0.25) is 0 Å². The first-order chi connectivity index (χ1) is 8.58. The Hall–Kier alpha value is -1.81. The van der Waals surface area contributed by atoms with Crippen molar-refractivity contribution in [2.75, 3.05) is 0 Å². The van der Waals surface area contributed by atoms with Crippen LogP contribution in [0.5, 0.6) is 5.75 Å². The van der Waals surface area contributed by atoms with Crippen LogP contribution in [0, 0.1) is 6.92 Å². The molecule has 2 rings (SSSR count). The molecule has 0 saturated carbocycles. The van der Waals surface area contributed by atoms with E-state index in [2.05, 4.69) is 11.1 Å². The Kier molecular flexibility index (Phi) is 3.67. The van der Waals surface area contributed by atoms with Gasteiger partial charge in [0, 0.05) is 25.5 Å². The largest absolute Gasteiger partial charge is 0.485 e. The molecular formula is C14H19N3O. The number of imidazole rings is 1. The third-order valence-corrected chi connectivity index (χ3v) is 3.00. The van der Waals surface area contributed by atoms with Crippen LogP contribution in [0.1, 0.15) is 29.9 Å². The summed E-state index contributed by atoms with van der Waals surface area (Å²) in [5, 5.41) is 0. The molecule has 0 unspecified atom stereocenters. The van der Waals surface area contributed by atoms with E-state index in [0.717, 1.165) is 22.7 Å². The van der Waals surface area contributed by atoms with E-state index in [1.54, 1.807) is 6.20 Å². The zero-order valence-corrected chi connectivity index (χ0v) is 11.1. The molecule has 18 heavy (non-hydrogen) atoms. The molecule has 0 bridgehead atoms. The van der Waals surface area contributed by atoms with Crippen LogP contribution in [0.15, 0.2) is 30.6 Å². The zero-order chi connectivity index (χ0) is 13.1. The van der Waals surface area contributed by atoms with Gasteiger partial charge in [0.25, 0.3) is 0 Å². The third-order valence-electron chi connectivity index (χ3n) is 3.00. The van der Waals surface area contributed by atoms with Crippen LogP contribution < -0.4 is 10.5 Å². The van der Waals surface area contributed by atoms with Crippen LogP contribution in [-0.2, 0) is 13.7 Å². The Bertz CT molecular complexity index is 532. The second kappa shape index (κ2) is 5.23. The maximum absolute atomic E-state index is 5.85. The topological polar surface area (TPSA) is 53.1 Å². The van der Waals surface area contributed by atoms with Crippen LogP contribution in [0.3, 0.4) is 0 Å². The summed E-state index contributed by atoms with van der Waals surface area (Å²) in [5.74, 6) is 1.79. The standard InChI is InChI=1S/C14H19N3O/c1-10-8-12(11(2)15)4-5-13(10)18-9-14-16-6-7-17(14)3/h4-8,11H,9,15H2,1-3H3/t11-/m1/s1. The van der Waals surface area contributed by atoms with Crippen molar-refractivity contribution in [1.29, 1.82) is 0 Å². The molecule has 0 aliphatic rings. The van der Waals surface area contributed by atoms with E-state index < -0.39 is 0 Å². The molecule has 1 heterocycles. The minimum atomic E-state index is 0.0484. The van der Waals surface area contributed by atoms with Gasteiger partial charge in [-0.25, -0.2) is 4.98 Å². The first kappa shape index (κ1) is 12.6. The highest BCUT2D eigenvalue weighted by atomic mass is 16.5. The number of benzene rings is 1. The zero-order valence-electron chi connectivity index (χ0n) is 11.1. The van der Waals surface area contributed by atoms with Crippen LogP contribution in [0.25, 0.3) is 0 Å². The van der Waals surface area contributed by atoms with Crippen LogP contribution >= 0.6 is 0 Å². The average molecular weight is 245 g/mol. The maximum atomic E-state index is 5.85. The van der Waals surface area contributed by atoms with Gasteiger partial charge < -0.3 is 15.0 Å². The summed E-state index contributed by atoms with van der Waals surface area (Å²) in [6.07, 6.45) is 3.68. The maximum Gasteiger partial charge on any atom is 0.146 e. The molecule has 0 aliphatic heterocycles. The predicted molar refractivity (Wildman–Crippen MR) is 71.3 cm³/mol. The molecule has 2 aromatic rings. The summed E-state index contributed by atoms with van der Waals surface area (Å²) in [5.41, 5.74) is 8.07. The molecule has 0 aliphatic carbocycles. The Morgan fingerprint density at radius 2 is 2.22 bits per heavy atom. The van der Waals surface area contributed by atoms with Gasteiger partial charge in [-0.05, 0) is 31.0 Å². The van der Waals surface area contributed by atoms with Gasteiger partial charge in [-0.1, -0.05) is 12.1 Å². The molecule has 1 aromatic heterocycles. The van der Waals surface area contributed by atoms with Gasteiger partial charge in [-0.2, -0.15) is 0 Å². The summed E-state index contributed by atoms with van der Waals surface area (Å²) in [6, 6.07) is 6.09. The van der Waals surface area contributed by atoms with Crippen molar-refractivity contribution in [1.82, 2.24) is 9.55 Å². The molecular weight excluding hydrogens is 226 g/mol. The fraction of sp³-hybridized carbons (Fsp3) is 0.357. The molecule has 2 N–H and O–H groups in total. The normalized spacial score (nSPS) is 12.4. The molecule has 1 atom stereocenters. The quantitative estimate of drug-likeness (QED) is 0.899. The summed E-state index contributed by atoms with van der Waals surface area (Å²) >= 11 is 0. The predicted octanol–water partition coefficient (Wildman–Crippen LogP) is 2.33. The highest BCUT2D eigenvalue weighted by molar-refractivity contribution is 5.37. The van der Waals surface area contributed by atoms with Crippen molar-refractivity contribution in [3.63, 3.8) is 0 Å². The second-order valence-corrected chi connectivity index (χ2v) is 4.56. The number of aryl methyl sites for hydroxylation is 2. The molecule has 96 valence electrons. The number of nitrogens with two attached hydrogens (primary N) is 1. The Balaban J connectivity index is 2.08. The number of nitrogens with zero attached hydrogens (tertiary/aromatic N) is 2. The smallest absolute Gasteiger partial charge is 0.146 e. The number of hydrogen-bond donors (Lipinski definition) is 1. The van der Waals surface area contributed by atoms with Gasteiger partial charge in [0.05, 0.1) is 0 Å². The SMILES string of the molecule is Cc1cc([C@@H](C)N)ccc1OCc1nccn1C. The molecule has 0 radical (unpaired) electrons. The minimum absolute atomic E-state index is 0.0484. The monoisotopic (exact) mass is 245 g/mol. The molecule has 1 aromatic carbocycles. The van der Waals surface area contributed by atoms with E-state index in [0.29, 0.717) is 6.61 Å². The van der Waals surface area contributed by atoms with Gasteiger partial charge >= 0.3 is 0 Å². The number of rotatable bonds is 4. The van der Waals surface area contributed by atoms with Gasteiger partial charge in [0.1, 0.15) is 18.2 Å². The second-order valence-electron chi connectivity index (χ2n) is 4.56. The summed E-state index contributed by atoms with van der Waals surface area (Å²) < 4.78 is 7.72. The van der Waals surface area contributed by atoms with E-state index in [4.69, 9.17) is 10.5 Å². The van der Waals surface area contributed by atoms with Crippen LogP contribution in [0.2, 0.25) is 0 Å². The van der Waals surface area contributed by atoms with Crippen LogP contribution in [-0.4, -0.2) is 9.55 Å². The lowest BCUT2D eigenvalue weighted by atomic mass is 10.1. The van der Waals surface area contributed by atoms with E-state index >= 15 is 0 Å². The molecule has 0 saturated heterocycles. The molecule has 4 nitrogen and oxygen atoms in total. The van der Waals surface area contributed by atoms with Crippen molar-refractivity contribution in [2.24, 2.45) is 12.8 Å². The summed E-state index contributed by atoms with van der Waals surface area (Å²) in [6.45, 7) is 4.48. The van der Waals surface area contributed by atoms with E-state index in [9.17, 15) is 0 Å². The first-order valence-corrected chi connectivity index (χ1v) is 6.03. The average Bonchev–Trinajstić information content (AvgIpc) is 2.73. The Morgan fingerprint density at radius 1 is 1.44 bits per heavy atom. The van der Waals surface area contributed by atoms with Crippen molar-refractivity contribution in [3.05, 3.63) is 47.5 Å². The van der Waals surface area contributed by atoms with Gasteiger partial charge in [0.15, 0.2) is 0 Å². The van der Waals surface area contributed by atoms with Crippen LogP contribution in [0.4, 0.5) is 0 Å². The lowest BCUT2D eigenvalue weighted by molar-refractivity contribution is 0.289. The van der Waals surface area contributed by atoms with Crippen molar-refractivity contribution in [2.45, 2.75) is 26.5 Å². The Morgan fingerprint density at radius 3 is 2.78 bits per heavy atom. The number of aromatic nitrogens is 2. The molecule has 0 fully saturated rings. The van der Waals surface area contributed by atoms with Gasteiger partial charge in [-0.15, -0.1) is 0 Å². The van der Waals surface area contributed by atoms with E-state index in [1.807, 2.05) is 43.8 Å². The van der Waals surface area contributed by atoms with Crippen molar-refractivity contribution in [3.8, 4) is 5.75 Å². The van der Waals surface area contributed by atoms with Gasteiger partial charge in [0.2, 0.25) is 0 Å². The first-order valence-electron chi connectivity index (χ1n) is 6.03. The Labute approximate surface area is 107 Å². The van der Waals surface area contributed by atoms with E-state index in [1.165, 1.54) is 0 Å². The fourth-order valence-corrected chi connectivity index (χ4v) is 1.80. The fourth-order valence-electron chi connectivity index (χ4n) is 1.80. The lowest BCUT2D eigenvalue weighted by Crippen LogP contribution is -2.06. The summed E-state index contributed by atoms with van der Waals surface area (Å²) in [7, 11) is 1.96. The third kappa shape index (κ3) is 2.71.